The smallest absolute Gasteiger partial charge is 0.342 e. The molecule has 1 amide bonds. The average Bonchev–Trinajstić information content (AvgIpc) is 2.90. The van der Waals surface area contributed by atoms with Crippen LogP contribution >= 0.6 is 12.4 Å². The molecule has 0 bridgehead atoms. The zero-order chi connectivity index (χ0) is 16.2. The van der Waals surface area contributed by atoms with Crippen molar-refractivity contribution in [2.24, 2.45) is 5.92 Å². The zero-order valence-corrected chi connectivity index (χ0v) is 14.7. The van der Waals surface area contributed by atoms with Crippen LogP contribution in [0.3, 0.4) is 0 Å². The molecule has 1 aliphatic rings. The van der Waals surface area contributed by atoms with Gasteiger partial charge < -0.3 is 10.2 Å². The van der Waals surface area contributed by atoms with Crippen LogP contribution in [0.1, 0.15) is 19.3 Å². The molecule has 7 nitrogen and oxygen atoms in total. The van der Waals surface area contributed by atoms with Crippen molar-refractivity contribution in [2.75, 3.05) is 26.7 Å². The molecular formula is C16H24ClN5O2. The van der Waals surface area contributed by atoms with E-state index in [-0.39, 0.29) is 24.0 Å². The predicted octanol–water partition coefficient (Wildman–Crippen LogP) is 0.766. The van der Waals surface area contributed by atoms with Gasteiger partial charge in [-0.15, -0.1) is 17.5 Å². The van der Waals surface area contributed by atoms with Gasteiger partial charge in [0.05, 0.1) is 6.54 Å². The minimum absolute atomic E-state index is 0. The molecule has 0 aliphatic carbocycles. The summed E-state index contributed by atoms with van der Waals surface area (Å²) in [6.07, 6.45) is 4.22. The number of nitrogens with one attached hydrogen (secondary N) is 1. The Balaban J connectivity index is 0.00000208. The third-order valence-corrected chi connectivity index (χ3v) is 4.39. The largest absolute Gasteiger partial charge is 0.350 e. The van der Waals surface area contributed by atoms with Gasteiger partial charge in [0, 0.05) is 25.7 Å². The highest BCUT2D eigenvalue weighted by Gasteiger charge is 2.23. The number of likely N-dealkylation sites (tertiary alicyclic amines) is 1. The second-order valence-corrected chi connectivity index (χ2v) is 6.09. The number of rotatable bonds is 5. The topological polar surface area (TPSA) is 71.6 Å². The SMILES string of the molecule is CNCC1CCCN(C(=O)CCn2nc3ccccn3c2=O)C1.Cl. The van der Waals surface area contributed by atoms with Crippen LogP contribution in [-0.4, -0.2) is 51.7 Å². The number of carbonyl (C=O) groups is 1. The molecule has 1 N–H and O–H groups in total. The monoisotopic (exact) mass is 353 g/mol. The fourth-order valence-corrected chi connectivity index (χ4v) is 3.22. The Morgan fingerprint density at radius 2 is 2.25 bits per heavy atom. The van der Waals surface area contributed by atoms with Crippen molar-refractivity contribution >= 4 is 24.0 Å². The van der Waals surface area contributed by atoms with Gasteiger partial charge in [-0.05, 0) is 44.5 Å². The van der Waals surface area contributed by atoms with Crippen LogP contribution in [-0.2, 0) is 11.3 Å². The molecular weight excluding hydrogens is 330 g/mol. The van der Waals surface area contributed by atoms with Gasteiger partial charge in [-0.2, -0.15) is 0 Å². The number of hydrogen-bond donors (Lipinski definition) is 1. The summed E-state index contributed by atoms with van der Waals surface area (Å²) >= 11 is 0. The summed E-state index contributed by atoms with van der Waals surface area (Å²) in [5, 5.41) is 7.44. The number of hydrogen-bond acceptors (Lipinski definition) is 4. The van der Waals surface area contributed by atoms with E-state index in [1.54, 1.807) is 18.3 Å². The number of amides is 1. The first-order chi connectivity index (χ1) is 11.2. The molecule has 3 heterocycles. The molecule has 132 valence electrons. The fourth-order valence-electron chi connectivity index (χ4n) is 3.22. The molecule has 2 aromatic rings. The van der Waals surface area contributed by atoms with Gasteiger partial charge in [-0.3, -0.25) is 9.20 Å². The lowest BCUT2D eigenvalue weighted by Crippen LogP contribution is -2.43. The van der Waals surface area contributed by atoms with Crippen molar-refractivity contribution in [3.05, 3.63) is 34.9 Å². The normalized spacial score (nSPS) is 17.7. The third kappa shape index (κ3) is 3.96. The predicted molar refractivity (Wildman–Crippen MR) is 94.5 cm³/mol. The van der Waals surface area contributed by atoms with Crippen LogP contribution in [0.15, 0.2) is 29.2 Å². The quantitative estimate of drug-likeness (QED) is 0.861. The van der Waals surface area contributed by atoms with Crippen LogP contribution in [0.2, 0.25) is 0 Å². The van der Waals surface area contributed by atoms with Gasteiger partial charge in [0.25, 0.3) is 0 Å². The van der Waals surface area contributed by atoms with Crippen LogP contribution in [0.25, 0.3) is 5.65 Å². The summed E-state index contributed by atoms with van der Waals surface area (Å²) in [5.74, 6) is 0.630. The Hall–Kier alpha value is -1.86. The Kier molecular flexibility index (Phi) is 6.39. The van der Waals surface area contributed by atoms with Crippen molar-refractivity contribution in [3.63, 3.8) is 0 Å². The Labute approximate surface area is 147 Å². The number of aryl methyl sites for hydroxylation is 1. The van der Waals surface area contributed by atoms with E-state index in [2.05, 4.69) is 10.4 Å². The molecule has 1 atom stereocenters. The first-order valence-electron chi connectivity index (χ1n) is 8.15. The molecule has 1 fully saturated rings. The highest BCUT2D eigenvalue weighted by molar-refractivity contribution is 5.85. The van der Waals surface area contributed by atoms with Crippen molar-refractivity contribution in [3.8, 4) is 0 Å². The van der Waals surface area contributed by atoms with Gasteiger partial charge in [-0.1, -0.05) is 6.07 Å². The van der Waals surface area contributed by atoms with E-state index < -0.39 is 0 Å². The van der Waals surface area contributed by atoms with Crippen LogP contribution in [0, 0.1) is 5.92 Å². The van der Waals surface area contributed by atoms with E-state index >= 15 is 0 Å². The molecule has 0 aromatic carbocycles. The Morgan fingerprint density at radius 3 is 3.00 bits per heavy atom. The molecule has 1 aliphatic heterocycles. The van der Waals surface area contributed by atoms with Gasteiger partial charge >= 0.3 is 5.69 Å². The first-order valence-corrected chi connectivity index (χ1v) is 8.15. The van der Waals surface area contributed by atoms with Crippen molar-refractivity contribution < 1.29 is 4.79 Å². The summed E-state index contributed by atoms with van der Waals surface area (Å²) in [5.41, 5.74) is 0.414. The van der Waals surface area contributed by atoms with Crippen LogP contribution in [0.4, 0.5) is 0 Å². The lowest BCUT2D eigenvalue weighted by Gasteiger charge is -2.32. The second kappa shape index (κ2) is 8.30. The standard InChI is InChI=1S/C16H23N5O2.ClH/c1-17-11-13-5-4-8-19(12-13)15(22)7-10-21-16(23)20-9-3-2-6-14(20)18-21;/h2-3,6,9,13,17H,4-5,7-8,10-12H2,1H3;1H. The fraction of sp³-hybridized carbons (Fsp3) is 0.562. The number of fused-ring (bicyclic) bond motifs is 1. The van der Waals surface area contributed by atoms with E-state index in [0.29, 0.717) is 24.5 Å². The summed E-state index contributed by atoms with van der Waals surface area (Å²) in [6, 6.07) is 5.42. The number of carbonyl (C=O) groups excluding carboxylic acids is 1. The van der Waals surface area contributed by atoms with E-state index in [0.717, 1.165) is 32.5 Å². The van der Waals surface area contributed by atoms with Crippen molar-refractivity contribution in [1.29, 1.82) is 0 Å². The summed E-state index contributed by atoms with van der Waals surface area (Å²) < 4.78 is 2.87. The molecule has 0 spiro atoms. The number of aromatic nitrogens is 3. The number of halogens is 1. The number of piperidine rings is 1. The molecule has 1 saturated heterocycles. The zero-order valence-electron chi connectivity index (χ0n) is 13.9. The highest BCUT2D eigenvalue weighted by Crippen LogP contribution is 2.16. The molecule has 2 aromatic heterocycles. The summed E-state index contributed by atoms with van der Waals surface area (Å²) in [7, 11) is 1.94. The Morgan fingerprint density at radius 1 is 1.42 bits per heavy atom. The maximum absolute atomic E-state index is 12.4. The molecule has 24 heavy (non-hydrogen) atoms. The van der Waals surface area contributed by atoms with E-state index in [1.165, 1.54) is 9.08 Å². The molecule has 1 unspecified atom stereocenters. The number of pyridine rings is 1. The van der Waals surface area contributed by atoms with E-state index in [4.69, 9.17) is 0 Å². The van der Waals surface area contributed by atoms with Crippen LogP contribution in [0.5, 0.6) is 0 Å². The number of nitrogens with zero attached hydrogens (tertiary/aromatic N) is 4. The lowest BCUT2D eigenvalue weighted by molar-refractivity contribution is -0.133. The second-order valence-electron chi connectivity index (χ2n) is 6.09. The van der Waals surface area contributed by atoms with E-state index in [1.807, 2.05) is 18.0 Å². The maximum Gasteiger partial charge on any atom is 0.350 e. The van der Waals surface area contributed by atoms with Gasteiger partial charge in [0.2, 0.25) is 5.91 Å². The molecule has 0 radical (unpaired) electrons. The lowest BCUT2D eigenvalue weighted by atomic mass is 9.98. The first kappa shape index (κ1) is 18.5. The third-order valence-electron chi connectivity index (χ3n) is 4.39. The highest BCUT2D eigenvalue weighted by atomic mass is 35.5. The van der Waals surface area contributed by atoms with Gasteiger partial charge in [0.1, 0.15) is 0 Å². The Bertz CT molecular complexity index is 739. The van der Waals surface area contributed by atoms with E-state index in [9.17, 15) is 9.59 Å². The summed E-state index contributed by atoms with van der Waals surface area (Å²) in [6.45, 7) is 2.89. The average molecular weight is 354 g/mol. The summed E-state index contributed by atoms with van der Waals surface area (Å²) in [4.78, 5) is 26.5. The van der Waals surface area contributed by atoms with Gasteiger partial charge in [0.15, 0.2) is 5.65 Å². The molecule has 3 rings (SSSR count). The van der Waals surface area contributed by atoms with Crippen LogP contribution < -0.4 is 11.0 Å². The maximum atomic E-state index is 12.4. The van der Waals surface area contributed by atoms with Crippen molar-refractivity contribution in [1.82, 2.24) is 24.4 Å². The minimum atomic E-state index is -0.194. The van der Waals surface area contributed by atoms with Gasteiger partial charge in [-0.25, -0.2) is 9.48 Å². The molecule has 8 heteroatoms. The molecule has 0 saturated carbocycles. The van der Waals surface area contributed by atoms with Crippen molar-refractivity contribution in [2.45, 2.75) is 25.8 Å². The minimum Gasteiger partial charge on any atom is -0.342 e.